The largest absolute Gasteiger partial charge is 0.380 e. The van der Waals surface area contributed by atoms with Crippen LogP contribution in [-0.4, -0.2) is 49.3 Å². The van der Waals surface area contributed by atoms with Crippen LogP contribution in [0.3, 0.4) is 0 Å². The number of methoxy groups -OCH3 is 1. The maximum absolute atomic E-state index is 5.38. The van der Waals surface area contributed by atoms with Crippen LogP contribution in [0.1, 0.15) is 34.6 Å². The quantitative estimate of drug-likeness (QED) is 0.793. The first-order valence-electron chi connectivity index (χ1n) is 6.38. The standard InChI is InChI=1S/C13H28N2O/c1-10(2)12-8-15(7-11(3)16-6)13(4,5)9-14-12/h10-12,14H,7-9H2,1-6H3. The van der Waals surface area contributed by atoms with Crippen LogP contribution in [0.25, 0.3) is 0 Å². The van der Waals surface area contributed by atoms with Gasteiger partial charge in [-0.15, -0.1) is 0 Å². The Kier molecular flexibility index (Phi) is 4.77. The fraction of sp³-hybridized carbons (Fsp3) is 1.00. The fourth-order valence-electron chi connectivity index (χ4n) is 2.19. The molecule has 1 aliphatic rings. The molecule has 3 heteroatoms. The number of hydrogen-bond acceptors (Lipinski definition) is 3. The molecule has 0 aromatic heterocycles. The Bertz CT molecular complexity index is 216. The normalized spacial score (nSPS) is 28.3. The van der Waals surface area contributed by atoms with E-state index in [4.69, 9.17) is 4.74 Å². The molecule has 1 heterocycles. The van der Waals surface area contributed by atoms with Gasteiger partial charge in [0.25, 0.3) is 0 Å². The number of rotatable bonds is 4. The Morgan fingerprint density at radius 3 is 2.50 bits per heavy atom. The Hall–Kier alpha value is -0.120. The Labute approximate surface area is 101 Å². The first kappa shape index (κ1) is 13.9. The van der Waals surface area contributed by atoms with Crippen molar-refractivity contribution < 1.29 is 4.74 Å². The molecular weight excluding hydrogens is 200 g/mol. The molecule has 0 saturated carbocycles. The van der Waals surface area contributed by atoms with Gasteiger partial charge in [-0.3, -0.25) is 4.90 Å². The molecule has 1 saturated heterocycles. The molecule has 1 fully saturated rings. The topological polar surface area (TPSA) is 24.5 Å². The van der Waals surface area contributed by atoms with Crippen LogP contribution in [0.5, 0.6) is 0 Å². The highest BCUT2D eigenvalue weighted by Gasteiger charge is 2.35. The Balaban J connectivity index is 2.61. The van der Waals surface area contributed by atoms with E-state index in [1.165, 1.54) is 0 Å². The van der Waals surface area contributed by atoms with Gasteiger partial charge in [0, 0.05) is 38.3 Å². The van der Waals surface area contributed by atoms with Crippen LogP contribution < -0.4 is 5.32 Å². The van der Waals surface area contributed by atoms with E-state index in [0.29, 0.717) is 18.1 Å². The number of piperazine rings is 1. The molecule has 16 heavy (non-hydrogen) atoms. The van der Waals surface area contributed by atoms with E-state index in [2.05, 4.69) is 44.8 Å². The molecule has 0 spiro atoms. The molecule has 0 radical (unpaired) electrons. The van der Waals surface area contributed by atoms with Crippen LogP contribution in [0.4, 0.5) is 0 Å². The molecule has 0 bridgehead atoms. The molecule has 0 aromatic rings. The molecule has 2 unspecified atom stereocenters. The van der Waals surface area contributed by atoms with Crippen molar-refractivity contribution in [3.8, 4) is 0 Å². The zero-order chi connectivity index (χ0) is 12.3. The lowest BCUT2D eigenvalue weighted by Crippen LogP contribution is -2.64. The zero-order valence-corrected chi connectivity index (χ0v) is 11.7. The second kappa shape index (κ2) is 5.48. The lowest BCUT2D eigenvalue weighted by atomic mass is 9.92. The van der Waals surface area contributed by atoms with Crippen molar-refractivity contribution in [2.75, 3.05) is 26.7 Å². The van der Waals surface area contributed by atoms with Crippen molar-refractivity contribution >= 4 is 0 Å². The van der Waals surface area contributed by atoms with Crippen molar-refractivity contribution in [2.24, 2.45) is 5.92 Å². The molecule has 96 valence electrons. The van der Waals surface area contributed by atoms with E-state index < -0.39 is 0 Å². The van der Waals surface area contributed by atoms with Crippen molar-refractivity contribution in [1.82, 2.24) is 10.2 Å². The molecule has 1 aliphatic heterocycles. The summed E-state index contributed by atoms with van der Waals surface area (Å²) in [6.07, 6.45) is 0.310. The lowest BCUT2D eigenvalue weighted by Gasteiger charge is -2.48. The van der Waals surface area contributed by atoms with Crippen LogP contribution in [0.2, 0.25) is 0 Å². The molecule has 0 amide bonds. The highest BCUT2D eigenvalue weighted by molar-refractivity contribution is 4.94. The van der Waals surface area contributed by atoms with Gasteiger partial charge in [-0.1, -0.05) is 13.8 Å². The van der Waals surface area contributed by atoms with Crippen molar-refractivity contribution in [3.05, 3.63) is 0 Å². The van der Waals surface area contributed by atoms with Crippen LogP contribution >= 0.6 is 0 Å². The number of nitrogens with one attached hydrogen (secondary N) is 1. The third-order valence-corrected chi connectivity index (χ3v) is 3.75. The Morgan fingerprint density at radius 1 is 1.38 bits per heavy atom. The average molecular weight is 228 g/mol. The third kappa shape index (κ3) is 3.44. The summed E-state index contributed by atoms with van der Waals surface area (Å²) in [5.74, 6) is 0.691. The van der Waals surface area contributed by atoms with Gasteiger partial charge in [-0.05, 0) is 26.7 Å². The summed E-state index contributed by atoms with van der Waals surface area (Å²) in [7, 11) is 1.79. The minimum atomic E-state index is 0.234. The second-order valence-corrected chi connectivity index (χ2v) is 6.00. The monoisotopic (exact) mass is 228 g/mol. The summed E-state index contributed by atoms with van der Waals surface area (Å²) in [5.41, 5.74) is 0.234. The smallest absolute Gasteiger partial charge is 0.0670 e. The van der Waals surface area contributed by atoms with Crippen molar-refractivity contribution in [1.29, 1.82) is 0 Å². The summed E-state index contributed by atoms with van der Waals surface area (Å²) in [4.78, 5) is 2.56. The van der Waals surface area contributed by atoms with Crippen molar-refractivity contribution in [3.63, 3.8) is 0 Å². The number of nitrogens with zero attached hydrogens (tertiary/aromatic N) is 1. The Morgan fingerprint density at radius 2 is 2.00 bits per heavy atom. The van der Waals surface area contributed by atoms with E-state index in [1.807, 2.05) is 0 Å². The molecule has 0 aliphatic carbocycles. The summed E-state index contributed by atoms with van der Waals surface area (Å²) < 4.78 is 5.38. The maximum Gasteiger partial charge on any atom is 0.0670 e. The van der Waals surface area contributed by atoms with Gasteiger partial charge in [0.1, 0.15) is 0 Å². The first-order chi connectivity index (χ1) is 7.36. The van der Waals surface area contributed by atoms with E-state index in [0.717, 1.165) is 19.6 Å². The predicted molar refractivity (Wildman–Crippen MR) is 68.8 cm³/mol. The van der Waals surface area contributed by atoms with Gasteiger partial charge in [0.05, 0.1) is 6.10 Å². The highest BCUT2D eigenvalue weighted by atomic mass is 16.5. The van der Waals surface area contributed by atoms with Crippen molar-refractivity contribution in [2.45, 2.75) is 52.3 Å². The van der Waals surface area contributed by atoms with Gasteiger partial charge in [-0.25, -0.2) is 0 Å². The summed E-state index contributed by atoms with van der Waals surface area (Å²) in [5, 5.41) is 3.65. The van der Waals surface area contributed by atoms with E-state index in [-0.39, 0.29) is 5.54 Å². The fourth-order valence-corrected chi connectivity index (χ4v) is 2.19. The lowest BCUT2D eigenvalue weighted by molar-refractivity contribution is 0.00290. The van der Waals surface area contributed by atoms with Gasteiger partial charge in [-0.2, -0.15) is 0 Å². The average Bonchev–Trinajstić information content (AvgIpc) is 2.20. The minimum absolute atomic E-state index is 0.234. The molecule has 1 N–H and O–H groups in total. The zero-order valence-electron chi connectivity index (χ0n) is 11.7. The maximum atomic E-state index is 5.38. The second-order valence-electron chi connectivity index (χ2n) is 6.00. The van der Waals surface area contributed by atoms with Gasteiger partial charge in [0.15, 0.2) is 0 Å². The molecule has 0 aromatic carbocycles. The number of hydrogen-bond donors (Lipinski definition) is 1. The summed E-state index contributed by atoms with van der Waals surface area (Å²) in [6.45, 7) is 14.5. The van der Waals surface area contributed by atoms with Crippen LogP contribution in [0, 0.1) is 5.92 Å². The molecular formula is C13H28N2O. The first-order valence-corrected chi connectivity index (χ1v) is 6.38. The number of ether oxygens (including phenoxy) is 1. The highest BCUT2D eigenvalue weighted by Crippen LogP contribution is 2.21. The van der Waals surface area contributed by atoms with E-state index >= 15 is 0 Å². The molecule has 3 nitrogen and oxygen atoms in total. The molecule has 1 rings (SSSR count). The van der Waals surface area contributed by atoms with E-state index in [9.17, 15) is 0 Å². The van der Waals surface area contributed by atoms with Crippen LogP contribution in [0.15, 0.2) is 0 Å². The SMILES string of the molecule is COC(C)CN1CC(C(C)C)NCC1(C)C. The molecule has 2 atom stereocenters. The predicted octanol–water partition coefficient (Wildman–Crippen LogP) is 1.73. The van der Waals surface area contributed by atoms with E-state index in [1.54, 1.807) is 7.11 Å². The summed E-state index contributed by atoms with van der Waals surface area (Å²) >= 11 is 0. The third-order valence-electron chi connectivity index (χ3n) is 3.75. The van der Waals surface area contributed by atoms with Crippen LogP contribution in [-0.2, 0) is 4.74 Å². The van der Waals surface area contributed by atoms with Gasteiger partial charge < -0.3 is 10.1 Å². The minimum Gasteiger partial charge on any atom is -0.380 e. The summed E-state index contributed by atoms with van der Waals surface area (Å²) in [6, 6.07) is 0.608. The van der Waals surface area contributed by atoms with Gasteiger partial charge in [0.2, 0.25) is 0 Å². The van der Waals surface area contributed by atoms with Gasteiger partial charge >= 0.3 is 0 Å².